The molecular weight excluding hydrogens is 172 g/mol. The molecule has 0 aliphatic heterocycles. The second-order valence-corrected chi connectivity index (χ2v) is 2.98. The number of aromatic nitrogens is 2. The molecule has 0 spiro atoms. The van der Waals surface area contributed by atoms with Crippen LogP contribution in [0.2, 0.25) is 0 Å². The summed E-state index contributed by atoms with van der Waals surface area (Å²) in [5.74, 6) is 0. The summed E-state index contributed by atoms with van der Waals surface area (Å²) in [6.45, 7) is 6.05. The second kappa shape index (κ2) is 5.22. The molecular formula is C12H16N2. The lowest BCUT2D eigenvalue weighted by atomic mass is 10.3. The molecule has 0 fully saturated rings. The molecule has 1 heterocycles. The summed E-state index contributed by atoms with van der Waals surface area (Å²) in [6.07, 6.45) is 11.9. The van der Waals surface area contributed by atoms with Gasteiger partial charge in [0.1, 0.15) is 0 Å². The summed E-state index contributed by atoms with van der Waals surface area (Å²) in [5.41, 5.74) is 2.23. The predicted molar refractivity (Wildman–Crippen MR) is 60.9 cm³/mol. The Morgan fingerprint density at radius 3 is 2.64 bits per heavy atom. The highest BCUT2D eigenvalue weighted by atomic mass is 15.3. The number of hydrogen-bond acceptors (Lipinski definition) is 1. The smallest absolute Gasteiger partial charge is 0.0606 e. The second-order valence-electron chi connectivity index (χ2n) is 2.98. The SMILES string of the molecule is C\C=C/C=C\C(=C/C)n1nccc1C. The van der Waals surface area contributed by atoms with Crippen molar-refractivity contribution in [3.8, 4) is 0 Å². The van der Waals surface area contributed by atoms with Crippen molar-refractivity contribution < 1.29 is 0 Å². The van der Waals surface area contributed by atoms with E-state index in [1.807, 2.05) is 68.1 Å². The molecule has 0 aromatic carbocycles. The molecule has 14 heavy (non-hydrogen) atoms. The van der Waals surface area contributed by atoms with Crippen LogP contribution in [0.15, 0.2) is 42.6 Å². The Morgan fingerprint density at radius 1 is 1.36 bits per heavy atom. The Hall–Kier alpha value is -1.57. The van der Waals surface area contributed by atoms with Gasteiger partial charge in [0.2, 0.25) is 0 Å². The monoisotopic (exact) mass is 188 g/mol. The molecule has 2 nitrogen and oxygen atoms in total. The third-order valence-electron chi connectivity index (χ3n) is 1.94. The van der Waals surface area contributed by atoms with Crippen LogP contribution in [0.25, 0.3) is 5.70 Å². The van der Waals surface area contributed by atoms with E-state index in [1.165, 1.54) is 0 Å². The van der Waals surface area contributed by atoms with Crippen LogP contribution in [0.5, 0.6) is 0 Å². The van der Waals surface area contributed by atoms with E-state index in [2.05, 4.69) is 5.10 Å². The van der Waals surface area contributed by atoms with E-state index in [-0.39, 0.29) is 0 Å². The maximum atomic E-state index is 4.24. The van der Waals surface area contributed by atoms with Gasteiger partial charge in [0.25, 0.3) is 0 Å². The van der Waals surface area contributed by atoms with Gasteiger partial charge in [-0.3, -0.25) is 0 Å². The van der Waals surface area contributed by atoms with Gasteiger partial charge in [-0.15, -0.1) is 0 Å². The molecule has 2 heteroatoms. The fraction of sp³-hybridized carbons (Fsp3) is 0.250. The van der Waals surface area contributed by atoms with Gasteiger partial charge >= 0.3 is 0 Å². The van der Waals surface area contributed by atoms with E-state index >= 15 is 0 Å². The fourth-order valence-corrected chi connectivity index (χ4v) is 1.19. The van der Waals surface area contributed by atoms with E-state index < -0.39 is 0 Å². The summed E-state index contributed by atoms with van der Waals surface area (Å²) in [6, 6.07) is 1.99. The molecule has 1 aromatic rings. The average molecular weight is 188 g/mol. The van der Waals surface area contributed by atoms with Gasteiger partial charge in [-0.1, -0.05) is 24.3 Å². The lowest BCUT2D eigenvalue weighted by Gasteiger charge is -2.03. The highest BCUT2D eigenvalue weighted by molar-refractivity contribution is 5.57. The molecule has 0 N–H and O–H groups in total. The molecule has 0 amide bonds. The largest absolute Gasteiger partial charge is 0.238 e. The quantitative estimate of drug-likeness (QED) is 0.666. The van der Waals surface area contributed by atoms with E-state index in [0.29, 0.717) is 0 Å². The zero-order chi connectivity index (χ0) is 10.4. The topological polar surface area (TPSA) is 17.8 Å². The van der Waals surface area contributed by atoms with Crippen LogP contribution < -0.4 is 0 Å². The summed E-state index contributed by atoms with van der Waals surface area (Å²) in [5, 5.41) is 4.24. The summed E-state index contributed by atoms with van der Waals surface area (Å²) < 4.78 is 1.92. The standard InChI is InChI=1S/C12H16N2/c1-4-6-7-8-12(5-2)14-11(3)9-10-13-14/h4-10H,1-3H3/b6-4-,8-7-,12-5+. The highest BCUT2D eigenvalue weighted by Gasteiger charge is 1.98. The molecule has 0 saturated heterocycles. The number of nitrogens with zero attached hydrogens (tertiary/aromatic N) is 2. The number of hydrogen-bond donors (Lipinski definition) is 0. The first kappa shape index (κ1) is 10.5. The molecule has 0 unspecified atom stereocenters. The minimum atomic E-state index is 1.09. The van der Waals surface area contributed by atoms with E-state index in [1.54, 1.807) is 0 Å². The molecule has 0 radical (unpaired) electrons. The summed E-state index contributed by atoms with van der Waals surface area (Å²) >= 11 is 0. The Balaban J connectivity index is 2.90. The Labute approximate surface area is 85.3 Å². The van der Waals surface area contributed by atoms with Crippen molar-refractivity contribution in [2.45, 2.75) is 20.8 Å². The van der Waals surface area contributed by atoms with Crippen LogP contribution in [0.1, 0.15) is 19.5 Å². The third-order valence-corrected chi connectivity index (χ3v) is 1.94. The molecule has 0 aliphatic rings. The van der Waals surface area contributed by atoms with E-state index in [4.69, 9.17) is 0 Å². The average Bonchev–Trinajstić information content (AvgIpc) is 2.60. The van der Waals surface area contributed by atoms with E-state index in [9.17, 15) is 0 Å². The molecule has 1 aromatic heterocycles. The summed E-state index contributed by atoms with van der Waals surface area (Å²) in [4.78, 5) is 0. The Kier molecular flexibility index (Phi) is 3.92. The molecule has 0 bridgehead atoms. The normalized spacial score (nSPS) is 13.2. The predicted octanol–water partition coefficient (Wildman–Crippen LogP) is 3.18. The minimum absolute atomic E-state index is 1.09. The maximum Gasteiger partial charge on any atom is 0.0606 e. The third kappa shape index (κ3) is 2.46. The van der Waals surface area contributed by atoms with Crippen molar-refractivity contribution in [3.63, 3.8) is 0 Å². The van der Waals surface area contributed by atoms with Gasteiger partial charge in [0.05, 0.1) is 5.70 Å². The lowest BCUT2D eigenvalue weighted by molar-refractivity contribution is 0.873. The van der Waals surface area contributed by atoms with Crippen LogP contribution in [-0.2, 0) is 0 Å². The first-order valence-electron chi connectivity index (χ1n) is 4.76. The van der Waals surface area contributed by atoms with Crippen LogP contribution >= 0.6 is 0 Å². The lowest BCUT2D eigenvalue weighted by Crippen LogP contribution is -1.98. The van der Waals surface area contributed by atoms with Crippen LogP contribution in [0.3, 0.4) is 0 Å². The van der Waals surface area contributed by atoms with Gasteiger partial charge in [0.15, 0.2) is 0 Å². The first-order valence-corrected chi connectivity index (χ1v) is 4.76. The van der Waals surface area contributed by atoms with Gasteiger partial charge < -0.3 is 0 Å². The molecule has 0 atom stereocenters. The van der Waals surface area contributed by atoms with Crippen molar-refractivity contribution in [2.24, 2.45) is 0 Å². The minimum Gasteiger partial charge on any atom is -0.238 e. The van der Waals surface area contributed by atoms with Crippen molar-refractivity contribution in [3.05, 3.63) is 48.3 Å². The Morgan fingerprint density at radius 2 is 2.14 bits per heavy atom. The Bertz CT molecular complexity index is 367. The number of aryl methyl sites for hydroxylation is 1. The van der Waals surface area contributed by atoms with Gasteiger partial charge in [-0.2, -0.15) is 5.10 Å². The van der Waals surface area contributed by atoms with E-state index in [0.717, 1.165) is 11.4 Å². The first-order chi connectivity index (χ1) is 6.79. The van der Waals surface area contributed by atoms with Gasteiger partial charge in [-0.05, 0) is 32.9 Å². The number of rotatable bonds is 3. The van der Waals surface area contributed by atoms with Crippen molar-refractivity contribution >= 4 is 5.70 Å². The van der Waals surface area contributed by atoms with Crippen molar-refractivity contribution in [1.29, 1.82) is 0 Å². The van der Waals surface area contributed by atoms with Gasteiger partial charge in [-0.25, -0.2) is 4.68 Å². The molecule has 1 rings (SSSR count). The van der Waals surface area contributed by atoms with Crippen LogP contribution in [-0.4, -0.2) is 9.78 Å². The van der Waals surface area contributed by atoms with Crippen molar-refractivity contribution in [1.82, 2.24) is 9.78 Å². The number of allylic oxidation sites excluding steroid dienone is 6. The molecule has 0 aliphatic carbocycles. The fourth-order valence-electron chi connectivity index (χ4n) is 1.19. The maximum absolute atomic E-state index is 4.24. The van der Waals surface area contributed by atoms with Crippen molar-refractivity contribution in [2.75, 3.05) is 0 Å². The zero-order valence-electron chi connectivity index (χ0n) is 8.94. The summed E-state index contributed by atoms with van der Waals surface area (Å²) in [7, 11) is 0. The van der Waals surface area contributed by atoms with Crippen LogP contribution in [0.4, 0.5) is 0 Å². The van der Waals surface area contributed by atoms with Gasteiger partial charge in [0, 0.05) is 11.9 Å². The highest BCUT2D eigenvalue weighted by Crippen LogP contribution is 2.08. The molecule has 0 saturated carbocycles. The zero-order valence-corrected chi connectivity index (χ0v) is 8.94. The van der Waals surface area contributed by atoms with Crippen LogP contribution in [0, 0.1) is 6.92 Å². The molecule has 74 valence electrons.